The Kier molecular flexibility index (Phi) is 5.04. The highest BCUT2D eigenvalue weighted by Crippen LogP contribution is 2.22. The van der Waals surface area contributed by atoms with Gasteiger partial charge in [0.25, 0.3) is 20.2 Å². The van der Waals surface area contributed by atoms with Gasteiger partial charge in [-0.15, -0.1) is 0 Å². The molecule has 0 fully saturated rings. The standard InChI is InChI=1S/C10H14NO6S2/c11-6-2-1-3-8-4-5-9(18(12,13)14)7-10(8)19(15,16)17/h4-5,7,11H,1-3,6H2,(H,12,13,14)(H,15,16,17). The Bertz CT molecular complexity index is 651. The summed E-state index contributed by atoms with van der Waals surface area (Å²) >= 11 is 0. The molecule has 1 radical (unpaired) electrons. The minimum Gasteiger partial charge on any atom is -0.282 e. The van der Waals surface area contributed by atoms with Crippen molar-refractivity contribution in [2.45, 2.75) is 29.1 Å². The van der Waals surface area contributed by atoms with Crippen LogP contribution in [-0.2, 0) is 26.7 Å². The van der Waals surface area contributed by atoms with Gasteiger partial charge in [0.2, 0.25) is 0 Å². The van der Waals surface area contributed by atoms with Crippen molar-refractivity contribution in [2.75, 3.05) is 6.54 Å². The summed E-state index contributed by atoms with van der Waals surface area (Å²) in [5, 5.41) is 0. The SMILES string of the molecule is [NH]CCCCc1ccc(S(=O)(=O)O)cc1S(=O)(=O)O. The third-order valence-electron chi connectivity index (χ3n) is 2.49. The van der Waals surface area contributed by atoms with Crippen LogP contribution >= 0.6 is 0 Å². The van der Waals surface area contributed by atoms with Crippen LogP contribution < -0.4 is 5.73 Å². The maximum atomic E-state index is 11.2. The molecule has 7 nitrogen and oxygen atoms in total. The highest BCUT2D eigenvalue weighted by atomic mass is 32.2. The Morgan fingerprint density at radius 3 is 2.11 bits per heavy atom. The molecule has 1 aromatic rings. The van der Waals surface area contributed by atoms with E-state index in [2.05, 4.69) is 0 Å². The molecule has 0 spiro atoms. The van der Waals surface area contributed by atoms with Crippen LogP contribution in [0.5, 0.6) is 0 Å². The Morgan fingerprint density at radius 2 is 1.63 bits per heavy atom. The summed E-state index contributed by atoms with van der Waals surface area (Å²) in [6, 6.07) is 3.02. The lowest BCUT2D eigenvalue weighted by atomic mass is 10.1. The van der Waals surface area contributed by atoms with Crippen LogP contribution in [-0.4, -0.2) is 32.5 Å². The lowest BCUT2D eigenvalue weighted by molar-refractivity contribution is 0.480. The molecular weight excluding hydrogens is 294 g/mol. The topological polar surface area (TPSA) is 133 Å². The molecule has 1 aromatic carbocycles. The normalized spacial score (nSPS) is 12.6. The van der Waals surface area contributed by atoms with Gasteiger partial charge >= 0.3 is 0 Å². The monoisotopic (exact) mass is 308 g/mol. The number of unbranched alkanes of at least 4 members (excludes halogenated alkanes) is 1. The van der Waals surface area contributed by atoms with Crippen molar-refractivity contribution in [3.05, 3.63) is 23.8 Å². The van der Waals surface area contributed by atoms with Gasteiger partial charge in [-0.05, 0) is 37.0 Å². The number of rotatable bonds is 6. The van der Waals surface area contributed by atoms with Crippen LogP contribution in [0, 0.1) is 0 Å². The van der Waals surface area contributed by atoms with Gasteiger partial charge in [-0.25, -0.2) is 0 Å². The first-order valence-corrected chi connectivity index (χ1v) is 8.27. The number of aryl methyl sites for hydroxylation is 1. The van der Waals surface area contributed by atoms with E-state index in [1.54, 1.807) is 0 Å². The molecule has 1 rings (SSSR count). The third kappa shape index (κ3) is 4.55. The highest BCUT2D eigenvalue weighted by Gasteiger charge is 2.19. The predicted octanol–water partition coefficient (Wildman–Crippen LogP) is 0.786. The molecule has 0 aliphatic carbocycles. The largest absolute Gasteiger partial charge is 0.294 e. The van der Waals surface area contributed by atoms with Crippen molar-refractivity contribution in [3.8, 4) is 0 Å². The summed E-state index contributed by atoms with van der Waals surface area (Å²) in [5.41, 5.74) is 7.23. The molecule has 0 bridgehead atoms. The van der Waals surface area contributed by atoms with Gasteiger partial charge in [0, 0.05) is 6.54 Å². The molecule has 9 heteroatoms. The van der Waals surface area contributed by atoms with Gasteiger partial charge in [-0.3, -0.25) is 14.8 Å². The zero-order valence-electron chi connectivity index (χ0n) is 9.90. The fourth-order valence-corrected chi connectivity index (χ4v) is 2.94. The maximum absolute atomic E-state index is 11.2. The maximum Gasteiger partial charge on any atom is 0.294 e. The summed E-state index contributed by atoms with van der Waals surface area (Å²) in [7, 11) is -9.11. The number of benzene rings is 1. The van der Waals surface area contributed by atoms with Crippen LogP contribution in [0.2, 0.25) is 0 Å². The van der Waals surface area contributed by atoms with E-state index in [0.717, 1.165) is 12.1 Å². The average molecular weight is 308 g/mol. The highest BCUT2D eigenvalue weighted by molar-refractivity contribution is 7.86. The molecular formula is C10H14NO6S2. The van der Waals surface area contributed by atoms with Crippen molar-refractivity contribution in [1.29, 1.82) is 0 Å². The van der Waals surface area contributed by atoms with Gasteiger partial charge in [-0.1, -0.05) is 6.07 Å². The predicted molar refractivity (Wildman–Crippen MR) is 67.0 cm³/mol. The van der Waals surface area contributed by atoms with Crippen molar-refractivity contribution < 1.29 is 25.9 Å². The van der Waals surface area contributed by atoms with Gasteiger partial charge in [-0.2, -0.15) is 16.8 Å². The van der Waals surface area contributed by atoms with Gasteiger partial charge in [0.1, 0.15) is 0 Å². The van der Waals surface area contributed by atoms with Crippen molar-refractivity contribution in [3.63, 3.8) is 0 Å². The first kappa shape index (κ1) is 16.1. The molecule has 107 valence electrons. The molecule has 0 saturated carbocycles. The molecule has 3 N–H and O–H groups in total. The summed E-state index contributed by atoms with van der Waals surface area (Å²) in [5.74, 6) is 0. The van der Waals surface area contributed by atoms with Crippen molar-refractivity contribution in [2.24, 2.45) is 0 Å². The zero-order valence-corrected chi connectivity index (χ0v) is 11.5. The quantitative estimate of drug-likeness (QED) is 0.589. The molecule has 0 aromatic heterocycles. The molecule has 0 atom stereocenters. The van der Waals surface area contributed by atoms with Crippen LogP contribution in [0.15, 0.2) is 28.0 Å². The van der Waals surface area contributed by atoms with E-state index in [1.165, 1.54) is 6.07 Å². The second-order valence-electron chi connectivity index (χ2n) is 3.93. The lowest BCUT2D eigenvalue weighted by Gasteiger charge is -2.08. The van der Waals surface area contributed by atoms with Gasteiger partial charge in [0.15, 0.2) is 0 Å². The molecule has 19 heavy (non-hydrogen) atoms. The zero-order chi connectivity index (χ0) is 14.7. The molecule has 0 saturated heterocycles. The van der Waals surface area contributed by atoms with Crippen LogP contribution in [0.1, 0.15) is 18.4 Å². The first-order chi connectivity index (χ1) is 8.66. The molecule has 0 aliphatic heterocycles. The van der Waals surface area contributed by atoms with E-state index in [4.69, 9.17) is 14.8 Å². The Balaban J connectivity index is 3.26. The fourth-order valence-electron chi connectivity index (χ4n) is 1.58. The van der Waals surface area contributed by atoms with Crippen LogP contribution in [0.3, 0.4) is 0 Å². The number of hydrogen-bond acceptors (Lipinski definition) is 4. The first-order valence-electron chi connectivity index (χ1n) is 5.39. The minimum atomic E-state index is -4.58. The van der Waals surface area contributed by atoms with E-state index in [0.29, 0.717) is 19.3 Å². The van der Waals surface area contributed by atoms with Gasteiger partial charge < -0.3 is 0 Å². The van der Waals surface area contributed by atoms with E-state index < -0.39 is 30.0 Å². The molecule has 0 unspecified atom stereocenters. The minimum absolute atomic E-state index is 0.199. The molecule has 0 amide bonds. The molecule has 0 aliphatic rings. The second kappa shape index (κ2) is 5.97. The van der Waals surface area contributed by atoms with Gasteiger partial charge in [0.05, 0.1) is 9.79 Å². The van der Waals surface area contributed by atoms with Crippen molar-refractivity contribution >= 4 is 20.2 Å². The fraction of sp³-hybridized carbons (Fsp3) is 0.400. The summed E-state index contributed by atoms with van der Waals surface area (Å²) in [4.78, 5) is -1.13. The van der Waals surface area contributed by atoms with E-state index in [-0.39, 0.29) is 12.1 Å². The smallest absolute Gasteiger partial charge is 0.282 e. The van der Waals surface area contributed by atoms with E-state index >= 15 is 0 Å². The number of nitrogens with one attached hydrogen (secondary N) is 1. The summed E-state index contributed by atoms with van der Waals surface area (Å²) in [6.07, 6.45) is 1.39. The van der Waals surface area contributed by atoms with Crippen LogP contribution in [0.25, 0.3) is 0 Å². The average Bonchev–Trinajstić information content (AvgIpc) is 2.27. The third-order valence-corrected chi connectivity index (χ3v) is 4.27. The van der Waals surface area contributed by atoms with E-state index in [1.807, 2.05) is 0 Å². The Labute approximate surface area is 111 Å². The van der Waals surface area contributed by atoms with Crippen LogP contribution in [0.4, 0.5) is 0 Å². The molecule has 0 heterocycles. The van der Waals surface area contributed by atoms with E-state index in [9.17, 15) is 16.8 Å². The Morgan fingerprint density at radius 1 is 1.00 bits per heavy atom. The summed E-state index contributed by atoms with van der Waals surface area (Å²) < 4.78 is 62.2. The summed E-state index contributed by atoms with van der Waals surface area (Å²) in [6.45, 7) is 0.199. The lowest BCUT2D eigenvalue weighted by Crippen LogP contribution is -2.07. The number of hydrogen-bond donors (Lipinski definition) is 2. The van der Waals surface area contributed by atoms with Crippen molar-refractivity contribution in [1.82, 2.24) is 5.73 Å². The second-order valence-corrected chi connectivity index (χ2v) is 6.74. The Hall–Kier alpha value is -1.00.